The lowest BCUT2D eigenvalue weighted by molar-refractivity contribution is 0.0697. The second-order valence-electron chi connectivity index (χ2n) is 4.43. The summed E-state index contributed by atoms with van der Waals surface area (Å²) in [6.45, 7) is 3.59. The number of aryl methyl sites for hydroxylation is 2. The van der Waals surface area contributed by atoms with Gasteiger partial charge in [0.25, 0.3) is 0 Å². The highest BCUT2D eigenvalue weighted by atomic mass is 79.9. The molecule has 0 bridgehead atoms. The van der Waals surface area contributed by atoms with Gasteiger partial charge in [-0.2, -0.15) is 10.5 Å². The van der Waals surface area contributed by atoms with E-state index in [1.807, 2.05) is 19.1 Å². The Morgan fingerprint density at radius 1 is 1.50 bits per heavy atom. The molecule has 0 aliphatic carbocycles. The Labute approximate surface area is 134 Å². The topological polar surface area (TPSA) is 128 Å². The Morgan fingerprint density at radius 2 is 2.23 bits per heavy atom. The molecule has 0 aliphatic rings. The van der Waals surface area contributed by atoms with Crippen LogP contribution in [0.25, 0.3) is 5.57 Å². The molecule has 0 fully saturated rings. The fourth-order valence-electron chi connectivity index (χ4n) is 1.92. The number of carbonyl (C=O) groups is 1. The lowest BCUT2D eigenvalue weighted by atomic mass is 10.0. The number of aromatic nitrogens is 4. The van der Waals surface area contributed by atoms with Crippen molar-refractivity contribution in [1.82, 2.24) is 20.6 Å². The molecule has 1 heterocycles. The minimum absolute atomic E-state index is 0.0964. The molecule has 0 radical (unpaired) electrons. The number of benzene rings is 1. The maximum Gasteiger partial charge on any atom is 0.338 e. The number of aromatic amines is 1. The smallest absolute Gasteiger partial charge is 0.338 e. The van der Waals surface area contributed by atoms with Crippen LogP contribution in [0.4, 0.5) is 5.69 Å². The number of nitrogens with zero attached hydrogens (tertiary/aromatic N) is 4. The van der Waals surface area contributed by atoms with E-state index in [-0.39, 0.29) is 17.0 Å². The van der Waals surface area contributed by atoms with Crippen molar-refractivity contribution in [3.63, 3.8) is 0 Å². The molecule has 0 amide bonds. The highest BCUT2D eigenvalue weighted by Crippen LogP contribution is 2.32. The number of anilines is 1. The molecule has 0 saturated carbocycles. The molecule has 3 N–H and O–H groups in total. The molecule has 0 atom stereocenters. The Morgan fingerprint density at radius 3 is 2.77 bits per heavy atom. The molecule has 112 valence electrons. The molecule has 22 heavy (non-hydrogen) atoms. The van der Waals surface area contributed by atoms with E-state index in [1.54, 1.807) is 6.92 Å². The molecular weight excluding hydrogens is 352 g/mol. The summed E-state index contributed by atoms with van der Waals surface area (Å²) in [5.41, 5.74) is 2.16. The summed E-state index contributed by atoms with van der Waals surface area (Å²) in [6.07, 6.45) is 1.35. The van der Waals surface area contributed by atoms with Gasteiger partial charge in [0.1, 0.15) is 11.6 Å². The normalized spacial score (nSPS) is 11.1. The summed E-state index contributed by atoms with van der Waals surface area (Å²) in [6, 6.07) is 3.76. The summed E-state index contributed by atoms with van der Waals surface area (Å²) in [5.74, 6) is -0.955. The average Bonchev–Trinajstić information content (AvgIpc) is 2.98. The van der Waals surface area contributed by atoms with Crippen molar-refractivity contribution in [1.29, 1.82) is 5.26 Å². The van der Waals surface area contributed by atoms with E-state index in [0.717, 1.165) is 11.1 Å². The van der Waals surface area contributed by atoms with E-state index in [2.05, 4.69) is 41.9 Å². The van der Waals surface area contributed by atoms with Crippen LogP contribution in [0.15, 0.2) is 16.7 Å². The fraction of sp³-hybridized carbons (Fsp3) is 0.154. The molecule has 0 unspecified atom stereocenters. The van der Waals surface area contributed by atoms with Gasteiger partial charge in [0.2, 0.25) is 5.82 Å². The van der Waals surface area contributed by atoms with Crippen molar-refractivity contribution in [2.24, 2.45) is 0 Å². The predicted octanol–water partition coefficient (Wildman–Crippen LogP) is 2.25. The van der Waals surface area contributed by atoms with Gasteiger partial charge in [0.05, 0.1) is 11.3 Å². The van der Waals surface area contributed by atoms with E-state index in [1.165, 1.54) is 6.20 Å². The highest BCUT2D eigenvalue weighted by Gasteiger charge is 2.18. The van der Waals surface area contributed by atoms with Crippen LogP contribution < -0.4 is 5.32 Å². The monoisotopic (exact) mass is 362 g/mol. The van der Waals surface area contributed by atoms with Gasteiger partial charge >= 0.3 is 5.97 Å². The Hall–Kier alpha value is -2.73. The third-order valence-corrected chi connectivity index (χ3v) is 3.95. The van der Waals surface area contributed by atoms with Gasteiger partial charge in [-0.1, -0.05) is 6.07 Å². The number of carboxylic acid groups (broad SMARTS) is 1. The minimum Gasteiger partial charge on any atom is -0.478 e. The van der Waals surface area contributed by atoms with Crippen LogP contribution in [0.3, 0.4) is 0 Å². The number of allylic oxidation sites excluding steroid dienone is 1. The van der Waals surface area contributed by atoms with E-state index in [9.17, 15) is 9.90 Å². The quantitative estimate of drug-likeness (QED) is 0.711. The zero-order valence-electron chi connectivity index (χ0n) is 11.7. The van der Waals surface area contributed by atoms with Gasteiger partial charge < -0.3 is 10.4 Å². The number of hydrogen-bond acceptors (Lipinski definition) is 6. The summed E-state index contributed by atoms with van der Waals surface area (Å²) in [7, 11) is 0. The Kier molecular flexibility index (Phi) is 4.53. The number of H-pyrrole nitrogens is 1. The summed E-state index contributed by atoms with van der Waals surface area (Å²) in [5, 5.41) is 34.4. The molecule has 8 nitrogen and oxygen atoms in total. The second-order valence-corrected chi connectivity index (χ2v) is 5.22. The number of nitriles is 1. The predicted molar refractivity (Wildman–Crippen MR) is 82.0 cm³/mol. The number of nitrogens with one attached hydrogen (secondary N) is 2. The molecule has 0 spiro atoms. The third kappa shape index (κ3) is 2.96. The van der Waals surface area contributed by atoms with Crippen molar-refractivity contribution in [2.75, 3.05) is 5.32 Å². The molecule has 2 aromatic rings. The first-order valence-corrected chi connectivity index (χ1v) is 6.88. The first-order valence-electron chi connectivity index (χ1n) is 6.09. The zero-order valence-corrected chi connectivity index (χ0v) is 13.3. The largest absolute Gasteiger partial charge is 0.478 e. The van der Waals surface area contributed by atoms with Crippen LogP contribution in [0.2, 0.25) is 0 Å². The van der Waals surface area contributed by atoms with Crippen molar-refractivity contribution in [2.45, 2.75) is 13.8 Å². The molecule has 1 aromatic carbocycles. The number of rotatable bonds is 4. The standard InChI is InChI=1S/C13H11BrN6O2/c1-6-3-7(2)11(9(10(6)14)13(21)22)16-5-8(4-15)12-17-19-20-18-12/h3,5,16H,1-2H3,(H,21,22)(H,17,18,19,20). The maximum atomic E-state index is 11.5. The number of aromatic carboxylic acids is 1. The Balaban J connectivity index is 2.48. The van der Waals surface area contributed by atoms with Gasteiger partial charge in [-0.3, -0.25) is 0 Å². The molecule has 1 aromatic heterocycles. The van der Waals surface area contributed by atoms with Crippen LogP contribution in [-0.4, -0.2) is 31.7 Å². The molecule has 0 saturated heterocycles. The van der Waals surface area contributed by atoms with Crippen LogP contribution in [0.1, 0.15) is 27.3 Å². The number of tetrazole rings is 1. The lowest BCUT2D eigenvalue weighted by Crippen LogP contribution is -2.07. The number of carboxylic acids is 1. The first-order chi connectivity index (χ1) is 10.5. The van der Waals surface area contributed by atoms with Gasteiger partial charge in [-0.25, -0.2) is 4.79 Å². The maximum absolute atomic E-state index is 11.5. The van der Waals surface area contributed by atoms with Gasteiger partial charge in [-0.15, -0.1) is 10.2 Å². The number of halogens is 1. The average molecular weight is 363 g/mol. The van der Waals surface area contributed by atoms with Gasteiger partial charge in [-0.05, 0) is 46.1 Å². The van der Waals surface area contributed by atoms with Crippen molar-refractivity contribution >= 4 is 33.2 Å². The molecule has 2 rings (SSSR count). The Bertz CT molecular complexity index is 792. The second kappa shape index (κ2) is 6.36. The van der Waals surface area contributed by atoms with E-state index >= 15 is 0 Å². The van der Waals surface area contributed by atoms with Gasteiger partial charge in [0.15, 0.2) is 0 Å². The SMILES string of the molecule is Cc1cc(C)c(NC=C(C#N)c2nn[nH]n2)c(C(=O)O)c1Br. The molecule has 9 heteroatoms. The van der Waals surface area contributed by atoms with Crippen molar-refractivity contribution in [3.05, 3.63) is 39.3 Å². The van der Waals surface area contributed by atoms with Crippen LogP contribution >= 0.6 is 15.9 Å². The fourth-order valence-corrected chi connectivity index (χ4v) is 2.40. The van der Waals surface area contributed by atoms with Crippen LogP contribution in [0, 0.1) is 25.2 Å². The lowest BCUT2D eigenvalue weighted by Gasteiger charge is -2.14. The number of hydrogen-bond donors (Lipinski definition) is 3. The van der Waals surface area contributed by atoms with Crippen molar-refractivity contribution in [3.8, 4) is 6.07 Å². The van der Waals surface area contributed by atoms with Crippen molar-refractivity contribution < 1.29 is 9.90 Å². The van der Waals surface area contributed by atoms with E-state index in [0.29, 0.717) is 10.2 Å². The molecule has 0 aliphatic heterocycles. The van der Waals surface area contributed by atoms with Gasteiger partial charge in [0, 0.05) is 10.7 Å². The summed E-state index contributed by atoms with van der Waals surface area (Å²) < 4.78 is 0.486. The van der Waals surface area contributed by atoms with E-state index in [4.69, 9.17) is 5.26 Å². The third-order valence-electron chi connectivity index (χ3n) is 2.92. The minimum atomic E-state index is -1.08. The van der Waals surface area contributed by atoms with E-state index < -0.39 is 5.97 Å². The first kappa shape index (κ1) is 15.7. The van der Waals surface area contributed by atoms with Crippen LogP contribution in [-0.2, 0) is 0 Å². The molecular formula is C13H11BrN6O2. The van der Waals surface area contributed by atoms with Crippen LogP contribution in [0.5, 0.6) is 0 Å². The summed E-state index contributed by atoms with van der Waals surface area (Å²) >= 11 is 3.28. The summed E-state index contributed by atoms with van der Waals surface area (Å²) in [4.78, 5) is 11.5. The highest BCUT2D eigenvalue weighted by molar-refractivity contribution is 9.10. The zero-order chi connectivity index (χ0) is 16.3.